The zero-order valence-corrected chi connectivity index (χ0v) is 13.5. The van der Waals surface area contributed by atoms with Gasteiger partial charge in [0.05, 0.1) is 0 Å². The van der Waals surface area contributed by atoms with Crippen molar-refractivity contribution in [2.45, 2.75) is 6.61 Å². The molecule has 3 aromatic carbocycles. The van der Waals surface area contributed by atoms with E-state index in [1.54, 1.807) is 0 Å². The molecule has 0 N–H and O–H groups in total. The first kappa shape index (κ1) is 15.4. The molecule has 0 radical (unpaired) electrons. The quantitative estimate of drug-likeness (QED) is 0.541. The van der Waals surface area contributed by atoms with Gasteiger partial charge in [0.25, 0.3) is 0 Å². The lowest BCUT2D eigenvalue weighted by Gasteiger charge is -2.13. The van der Waals surface area contributed by atoms with Crippen molar-refractivity contribution in [2.75, 3.05) is 0 Å². The van der Waals surface area contributed by atoms with Gasteiger partial charge in [-0.2, -0.15) is 0 Å². The fourth-order valence-electron chi connectivity index (χ4n) is 2.42. The summed E-state index contributed by atoms with van der Waals surface area (Å²) in [5.74, 6) is 0.835. The SMILES string of the molecule is C=Cc1ccc(OCc2ccccc2)c(-c2cccc(Cl)c2)c1. The van der Waals surface area contributed by atoms with Crippen molar-refractivity contribution in [1.29, 1.82) is 0 Å². The summed E-state index contributed by atoms with van der Waals surface area (Å²) in [4.78, 5) is 0. The number of halogens is 1. The van der Waals surface area contributed by atoms with Gasteiger partial charge >= 0.3 is 0 Å². The summed E-state index contributed by atoms with van der Waals surface area (Å²) in [5, 5.41) is 0.709. The molecule has 23 heavy (non-hydrogen) atoms. The maximum atomic E-state index is 6.13. The summed E-state index contributed by atoms with van der Waals surface area (Å²) in [6.07, 6.45) is 1.83. The molecule has 114 valence electrons. The number of ether oxygens (including phenoxy) is 1. The van der Waals surface area contributed by atoms with E-state index < -0.39 is 0 Å². The minimum atomic E-state index is 0.530. The van der Waals surface area contributed by atoms with E-state index in [-0.39, 0.29) is 0 Å². The Balaban J connectivity index is 1.94. The van der Waals surface area contributed by atoms with Gasteiger partial charge in [-0.3, -0.25) is 0 Å². The molecule has 0 aliphatic rings. The van der Waals surface area contributed by atoms with Crippen LogP contribution in [0.25, 0.3) is 17.2 Å². The van der Waals surface area contributed by atoms with E-state index in [1.807, 2.05) is 60.7 Å². The van der Waals surface area contributed by atoms with Crippen LogP contribution in [0.5, 0.6) is 5.75 Å². The van der Waals surface area contributed by atoms with Gasteiger partial charge in [0.1, 0.15) is 12.4 Å². The molecule has 1 nitrogen and oxygen atoms in total. The van der Waals surface area contributed by atoms with E-state index in [0.717, 1.165) is 28.0 Å². The summed E-state index contributed by atoms with van der Waals surface area (Å²) in [7, 11) is 0. The third kappa shape index (κ3) is 3.82. The fourth-order valence-corrected chi connectivity index (χ4v) is 2.61. The number of benzene rings is 3. The highest BCUT2D eigenvalue weighted by atomic mass is 35.5. The molecule has 0 aliphatic heterocycles. The Morgan fingerprint density at radius 2 is 1.74 bits per heavy atom. The van der Waals surface area contributed by atoms with Crippen molar-refractivity contribution in [1.82, 2.24) is 0 Å². The average Bonchev–Trinajstić information content (AvgIpc) is 2.61. The Bertz CT molecular complexity index is 809. The molecule has 0 amide bonds. The molecule has 3 aromatic rings. The molecule has 0 bridgehead atoms. The first-order chi connectivity index (χ1) is 11.3. The molecular formula is C21H17ClO. The van der Waals surface area contributed by atoms with Crippen molar-refractivity contribution in [3.63, 3.8) is 0 Å². The zero-order valence-electron chi connectivity index (χ0n) is 12.7. The monoisotopic (exact) mass is 320 g/mol. The van der Waals surface area contributed by atoms with Gasteiger partial charge < -0.3 is 4.74 Å². The lowest BCUT2D eigenvalue weighted by Crippen LogP contribution is -1.97. The molecule has 0 unspecified atom stereocenters. The van der Waals surface area contributed by atoms with Crippen molar-refractivity contribution < 1.29 is 4.74 Å². The second-order valence-electron chi connectivity index (χ2n) is 5.24. The minimum absolute atomic E-state index is 0.530. The topological polar surface area (TPSA) is 9.23 Å². The van der Waals surface area contributed by atoms with Crippen LogP contribution < -0.4 is 4.74 Å². The highest BCUT2D eigenvalue weighted by molar-refractivity contribution is 6.30. The summed E-state index contributed by atoms with van der Waals surface area (Å²) in [6.45, 7) is 4.37. The van der Waals surface area contributed by atoms with Crippen molar-refractivity contribution in [2.24, 2.45) is 0 Å². The summed E-state index contributed by atoms with van der Waals surface area (Å²) < 4.78 is 6.04. The smallest absolute Gasteiger partial charge is 0.127 e. The Morgan fingerprint density at radius 1 is 0.913 bits per heavy atom. The third-order valence-corrected chi connectivity index (χ3v) is 3.85. The first-order valence-corrected chi connectivity index (χ1v) is 7.83. The standard InChI is InChI=1S/C21H17ClO/c1-2-16-11-12-21(23-15-17-7-4-3-5-8-17)20(13-16)18-9-6-10-19(22)14-18/h2-14H,1,15H2. The molecule has 0 aliphatic carbocycles. The van der Waals surface area contributed by atoms with Gasteiger partial charge in [-0.25, -0.2) is 0 Å². The van der Waals surface area contributed by atoms with E-state index in [2.05, 4.69) is 24.8 Å². The molecule has 0 fully saturated rings. The Kier molecular flexibility index (Phi) is 4.80. The van der Waals surface area contributed by atoms with Crippen LogP contribution >= 0.6 is 11.6 Å². The van der Waals surface area contributed by atoms with Crippen molar-refractivity contribution in [3.8, 4) is 16.9 Å². The van der Waals surface area contributed by atoms with Gasteiger partial charge in [-0.1, -0.05) is 72.8 Å². The van der Waals surface area contributed by atoms with Crippen LogP contribution in [0, 0.1) is 0 Å². The molecule has 3 rings (SSSR count). The first-order valence-electron chi connectivity index (χ1n) is 7.45. The van der Waals surface area contributed by atoms with Crippen LogP contribution in [0.15, 0.2) is 79.4 Å². The van der Waals surface area contributed by atoms with Crippen molar-refractivity contribution >= 4 is 17.7 Å². The van der Waals surface area contributed by atoms with Gasteiger partial charge in [0, 0.05) is 10.6 Å². The maximum absolute atomic E-state index is 6.13. The van der Waals surface area contributed by atoms with E-state index in [4.69, 9.17) is 16.3 Å². The molecule has 0 spiro atoms. The van der Waals surface area contributed by atoms with E-state index in [1.165, 1.54) is 0 Å². The number of rotatable bonds is 5. The van der Waals surface area contributed by atoms with Crippen LogP contribution in [-0.2, 0) is 6.61 Å². The molecule has 0 heterocycles. The van der Waals surface area contributed by atoms with Gasteiger partial charge in [-0.15, -0.1) is 0 Å². The Labute approximate surface area is 141 Å². The van der Waals surface area contributed by atoms with Crippen LogP contribution in [0.4, 0.5) is 0 Å². The maximum Gasteiger partial charge on any atom is 0.127 e. The number of hydrogen-bond acceptors (Lipinski definition) is 1. The van der Waals surface area contributed by atoms with Gasteiger partial charge in [0.15, 0.2) is 0 Å². The fraction of sp³-hybridized carbons (Fsp3) is 0.0476. The molecule has 0 aromatic heterocycles. The average molecular weight is 321 g/mol. The summed E-state index contributed by atoms with van der Waals surface area (Å²) >= 11 is 6.13. The summed E-state index contributed by atoms with van der Waals surface area (Å²) in [6, 6.07) is 24.0. The Morgan fingerprint density at radius 3 is 2.48 bits per heavy atom. The largest absolute Gasteiger partial charge is 0.488 e. The highest BCUT2D eigenvalue weighted by Crippen LogP contribution is 2.33. The van der Waals surface area contributed by atoms with Crippen LogP contribution in [0.1, 0.15) is 11.1 Å². The summed E-state index contributed by atoms with van der Waals surface area (Å²) in [5.41, 5.74) is 4.23. The number of hydrogen-bond donors (Lipinski definition) is 0. The van der Waals surface area contributed by atoms with E-state index in [0.29, 0.717) is 11.6 Å². The molecular weight excluding hydrogens is 304 g/mol. The molecule has 2 heteroatoms. The lowest BCUT2D eigenvalue weighted by molar-refractivity contribution is 0.307. The molecule has 0 atom stereocenters. The molecule has 0 saturated carbocycles. The van der Waals surface area contributed by atoms with Crippen molar-refractivity contribution in [3.05, 3.63) is 95.5 Å². The normalized spacial score (nSPS) is 10.3. The zero-order chi connectivity index (χ0) is 16.1. The van der Waals surface area contributed by atoms with Crippen LogP contribution in [-0.4, -0.2) is 0 Å². The lowest BCUT2D eigenvalue weighted by atomic mass is 10.0. The Hall–Kier alpha value is -2.51. The van der Waals surface area contributed by atoms with Crippen LogP contribution in [0.3, 0.4) is 0 Å². The van der Waals surface area contributed by atoms with E-state index >= 15 is 0 Å². The van der Waals surface area contributed by atoms with Gasteiger partial charge in [-0.05, 0) is 41.0 Å². The second kappa shape index (κ2) is 7.17. The minimum Gasteiger partial charge on any atom is -0.488 e. The predicted octanol–water partition coefficient (Wildman–Crippen LogP) is 6.23. The third-order valence-electron chi connectivity index (χ3n) is 3.61. The van der Waals surface area contributed by atoms with Gasteiger partial charge in [0.2, 0.25) is 0 Å². The second-order valence-corrected chi connectivity index (χ2v) is 5.68. The van der Waals surface area contributed by atoms with Crippen LogP contribution in [0.2, 0.25) is 5.02 Å². The predicted molar refractivity (Wildman–Crippen MR) is 97.8 cm³/mol. The highest BCUT2D eigenvalue weighted by Gasteiger charge is 2.08. The van der Waals surface area contributed by atoms with E-state index in [9.17, 15) is 0 Å². The molecule has 0 saturated heterocycles.